The molecule has 1 aliphatic heterocycles. The van der Waals surface area contributed by atoms with Crippen molar-refractivity contribution in [2.75, 3.05) is 38.8 Å². The molecule has 2 N–H and O–H groups in total. The Kier molecular flexibility index (Phi) is 7.29. The lowest BCUT2D eigenvalue weighted by atomic mass is 10.2. The lowest BCUT2D eigenvalue weighted by Crippen LogP contribution is -2.44. The van der Waals surface area contributed by atoms with E-state index >= 15 is 0 Å². The molecule has 1 saturated heterocycles. The number of ether oxygens (including phenoxy) is 2. The second kappa shape index (κ2) is 10.1. The first-order chi connectivity index (χ1) is 14.1. The van der Waals surface area contributed by atoms with Crippen molar-refractivity contribution >= 4 is 11.6 Å². The van der Waals surface area contributed by atoms with E-state index in [1.54, 1.807) is 14.2 Å². The number of aromatic nitrogens is 2. The average molecular weight is 402 g/mol. The Morgan fingerprint density at radius 2 is 2.24 bits per heavy atom. The Morgan fingerprint density at radius 1 is 1.41 bits per heavy atom. The highest BCUT2D eigenvalue weighted by Gasteiger charge is 2.25. The zero-order valence-corrected chi connectivity index (χ0v) is 17.5. The second-order valence-electron chi connectivity index (χ2n) is 6.82. The molecule has 9 heteroatoms. The van der Waals surface area contributed by atoms with Gasteiger partial charge in [-0.2, -0.15) is 4.98 Å². The molecule has 0 aliphatic carbocycles. The minimum atomic E-state index is -0.186. The van der Waals surface area contributed by atoms with Crippen molar-refractivity contribution in [3.8, 4) is 5.75 Å². The predicted molar refractivity (Wildman–Crippen MR) is 111 cm³/mol. The van der Waals surface area contributed by atoms with Gasteiger partial charge < -0.3 is 29.5 Å². The number of nitrogens with zero attached hydrogens (tertiary/aromatic N) is 4. The quantitative estimate of drug-likeness (QED) is 0.512. The number of nitrogens with one attached hydrogen (secondary N) is 2. The van der Waals surface area contributed by atoms with Gasteiger partial charge in [0.1, 0.15) is 11.9 Å². The van der Waals surface area contributed by atoms with Crippen LogP contribution in [0.25, 0.3) is 0 Å². The Hall–Kier alpha value is -2.81. The van der Waals surface area contributed by atoms with Crippen LogP contribution in [0.15, 0.2) is 33.8 Å². The summed E-state index contributed by atoms with van der Waals surface area (Å²) in [7, 11) is 3.45. The number of para-hydroxylation sites is 2. The third-order valence-electron chi connectivity index (χ3n) is 4.85. The molecule has 0 spiro atoms. The van der Waals surface area contributed by atoms with Crippen LogP contribution in [0.1, 0.15) is 38.1 Å². The van der Waals surface area contributed by atoms with E-state index in [0.717, 1.165) is 30.9 Å². The maximum Gasteiger partial charge on any atom is 0.246 e. The van der Waals surface area contributed by atoms with Gasteiger partial charge >= 0.3 is 0 Å². The first kappa shape index (κ1) is 20.9. The van der Waals surface area contributed by atoms with E-state index in [1.807, 2.05) is 32.0 Å². The van der Waals surface area contributed by atoms with Gasteiger partial charge in [0.05, 0.1) is 19.3 Å². The van der Waals surface area contributed by atoms with E-state index in [1.165, 1.54) is 0 Å². The van der Waals surface area contributed by atoms with Crippen molar-refractivity contribution in [3.05, 3.63) is 36.0 Å². The van der Waals surface area contributed by atoms with Crippen LogP contribution in [0.4, 0.5) is 5.69 Å². The number of anilines is 1. The minimum absolute atomic E-state index is 0.186. The smallest absolute Gasteiger partial charge is 0.246 e. The molecule has 0 saturated carbocycles. The van der Waals surface area contributed by atoms with Gasteiger partial charge in [-0.1, -0.05) is 17.3 Å². The van der Waals surface area contributed by atoms with Crippen LogP contribution in [0.5, 0.6) is 5.75 Å². The molecule has 0 bridgehead atoms. The van der Waals surface area contributed by atoms with E-state index in [-0.39, 0.29) is 12.1 Å². The van der Waals surface area contributed by atoms with Gasteiger partial charge in [-0.25, -0.2) is 0 Å². The molecular weight excluding hydrogens is 372 g/mol. The van der Waals surface area contributed by atoms with E-state index in [0.29, 0.717) is 30.8 Å². The fraction of sp³-hybridized carbons (Fsp3) is 0.550. The molecule has 0 radical (unpaired) electrons. The maximum atomic E-state index is 5.49. The summed E-state index contributed by atoms with van der Waals surface area (Å²) in [6, 6.07) is 8.37. The molecule has 1 aliphatic rings. The standard InChI is InChI=1S/C20H30N6O3/c1-5-28-14(2)19-24-18(29-25-19)12-22-20(21-3)23-15-10-11-26(13-15)16-8-6-7-9-17(16)27-4/h6-9,14-15H,5,10-13H2,1-4H3,(H2,21,22,23). The summed E-state index contributed by atoms with van der Waals surface area (Å²) < 4.78 is 16.3. The fourth-order valence-corrected chi connectivity index (χ4v) is 3.36. The van der Waals surface area contributed by atoms with Crippen molar-refractivity contribution in [1.82, 2.24) is 20.8 Å². The number of hydrogen-bond donors (Lipinski definition) is 2. The molecule has 3 rings (SSSR count). The van der Waals surface area contributed by atoms with Gasteiger partial charge in [0, 0.05) is 32.8 Å². The van der Waals surface area contributed by atoms with Gasteiger partial charge in [0.25, 0.3) is 0 Å². The van der Waals surface area contributed by atoms with Crippen molar-refractivity contribution in [1.29, 1.82) is 0 Å². The number of benzene rings is 1. The second-order valence-corrected chi connectivity index (χ2v) is 6.82. The van der Waals surface area contributed by atoms with Crippen LogP contribution >= 0.6 is 0 Å². The van der Waals surface area contributed by atoms with Crippen LogP contribution in [0.3, 0.4) is 0 Å². The lowest BCUT2D eigenvalue weighted by molar-refractivity contribution is 0.0683. The van der Waals surface area contributed by atoms with Crippen LogP contribution < -0.4 is 20.3 Å². The third-order valence-corrected chi connectivity index (χ3v) is 4.85. The summed E-state index contributed by atoms with van der Waals surface area (Å²) in [6.45, 7) is 6.67. The molecule has 1 aromatic heterocycles. The summed E-state index contributed by atoms with van der Waals surface area (Å²) in [5.74, 6) is 2.64. The van der Waals surface area contributed by atoms with E-state index < -0.39 is 0 Å². The zero-order chi connectivity index (χ0) is 20.6. The molecule has 9 nitrogen and oxygen atoms in total. The van der Waals surface area contributed by atoms with Crippen molar-refractivity contribution < 1.29 is 14.0 Å². The Labute approximate surface area is 171 Å². The van der Waals surface area contributed by atoms with Gasteiger partial charge in [-0.05, 0) is 32.4 Å². The van der Waals surface area contributed by atoms with Crippen LogP contribution in [-0.4, -0.2) is 56.0 Å². The summed E-state index contributed by atoms with van der Waals surface area (Å²) in [6.07, 6.45) is 0.823. The SMILES string of the molecule is CCOC(C)c1noc(CNC(=NC)NC2CCN(c3ccccc3OC)C2)n1. The first-order valence-corrected chi connectivity index (χ1v) is 9.93. The third kappa shape index (κ3) is 5.38. The van der Waals surface area contributed by atoms with Gasteiger partial charge in [0.15, 0.2) is 11.8 Å². The highest BCUT2D eigenvalue weighted by atomic mass is 16.5. The van der Waals surface area contributed by atoms with E-state index in [9.17, 15) is 0 Å². The minimum Gasteiger partial charge on any atom is -0.495 e. The fourth-order valence-electron chi connectivity index (χ4n) is 3.36. The molecular formula is C20H30N6O3. The topological polar surface area (TPSA) is 97.0 Å². The van der Waals surface area contributed by atoms with Gasteiger partial charge in [0.2, 0.25) is 5.89 Å². The molecule has 1 fully saturated rings. The summed E-state index contributed by atoms with van der Waals surface area (Å²) >= 11 is 0. The molecule has 2 heterocycles. The van der Waals surface area contributed by atoms with Crippen molar-refractivity contribution in [2.24, 2.45) is 4.99 Å². The number of guanidine groups is 1. The predicted octanol–water partition coefficient (Wildman–Crippen LogP) is 2.12. The van der Waals surface area contributed by atoms with E-state index in [2.05, 4.69) is 36.7 Å². The maximum absolute atomic E-state index is 5.49. The molecule has 158 valence electrons. The molecule has 2 atom stereocenters. The number of hydrogen-bond acceptors (Lipinski definition) is 7. The molecule has 2 aromatic rings. The lowest BCUT2D eigenvalue weighted by Gasteiger charge is -2.22. The number of aliphatic imine (C=N–C) groups is 1. The monoisotopic (exact) mass is 402 g/mol. The van der Waals surface area contributed by atoms with Crippen LogP contribution in [-0.2, 0) is 11.3 Å². The number of rotatable bonds is 8. The highest BCUT2D eigenvalue weighted by Crippen LogP contribution is 2.30. The zero-order valence-electron chi connectivity index (χ0n) is 17.5. The summed E-state index contributed by atoms with van der Waals surface area (Å²) in [4.78, 5) is 11.0. The Morgan fingerprint density at radius 3 is 3.00 bits per heavy atom. The first-order valence-electron chi connectivity index (χ1n) is 9.93. The summed E-state index contributed by atoms with van der Waals surface area (Å²) in [5, 5.41) is 10.7. The molecule has 1 aromatic carbocycles. The molecule has 29 heavy (non-hydrogen) atoms. The van der Waals surface area contributed by atoms with Crippen molar-refractivity contribution in [2.45, 2.75) is 39.0 Å². The van der Waals surface area contributed by atoms with Crippen LogP contribution in [0, 0.1) is 0 Å². The largest absolute Gasteiger partial charge is 0.495 e. The summed E-state index contributed by atoms with van der Waals surface area (Å²) in [5.41, 5.74) is 1.11. The average Bonchev–Trinajstić information content (AvgIpc) is 3.41. The van der Waals surface area contributed by atoms with Gasteiger partial charge in [-0.15, -0.1) is 0 Å². The van der Waals surface area contributed by atoms with Crippen LogP contribution in [0.2, 0.25) is 0 Å². The number of methoxy groups -OCH3 is 1. The normalized spacial score (nSPS) is 18.0. The Bertz CT molecular complexity index is 809. The molecule has 2 unspecified atom stereocenters. The van der Waals surface area contributed by atoms with Gasteiger partial charge in [-0.3, -0.25) is 4.99 Å². The Balaban J connectivity index is 1.51. The van der Waals surface area contributed by atoms with Crippen molar-refractivity contribution in [3.63, 3.8) is 0 Å². The highest BCUT2D eigenvalue weighted by molar-refractivity contribution is 5.80. The molecule has 0 amide bonds. The van der Waals surface area contributed by atoms with E-state index in [4.69, 9.17) is 14.0 Å².